The highest BCUT2D eigenvalue weighted by atomic mass is 32.2. The van der Waals surface area contributed by atoms with Crippen molar-refractivity contribution in [3.8, 4) is 0 Å². The van der Waals surface area contributed by atoms with Crippen molar-refractivity contribution in [3.05, 3.63) is 69.2 Å². The molecule has 1 aliphatic carbocycles. The summed E-state index contributed by atoms with van der Waals surface area (Å²) >= 11 is 3.21. The first-order valence-electron chi connectivity index (χ1n) is 13.4. The molecule has 0 spiro atoms. The number of hydrogen-bond acceptors (Lipinski definition) is 9. The molecule has 2 N–H and O–H groups in total. The van der Waals surface area contributed by atoms with E-state index in [0.29, 0.717) is 25.1 Å². The van der Waals surface area contributed by atoms with Crippen LogP contribution in [0.15, 0.2) is 58.7 Å². The summed E-state index contributed by atoms with van der Waals surface area (Å²) in [6.45, 7) is 4.83. The molecule has 0 amide bonds. The first-order valence-corrected chi connectivity index (χ1v) is 18.4. The van der Waals surface area contributed by atoms with Gasteiger partial charge in [-0.3, -0.25) is 9.11 Å². The second-order valence-corrected chi connectivity index (χ2v) is 15.5. The molecule has 2 unspecified atom stereocenters. The fraction of sp³-hybridized carbons (Fsp3) is 0.429. The van der Waals surface area contributed by atoms with E-state index in [9.17, 15) is 30.7 Å². The molecule has 0 radical (unpaired) electrons. The van der Waals surface area contributed by atoms with Gasteiger partial charge in [0.1, 0.15) is 4.70 Å². The molecular formula is C28H35N2O8S4+. The Morgan fingerprint density at radius 3 is 2.52 bits per heavy atom. The van der Waals surface area contributed by atoms with Crippen LogP contribution in [-0.2, 0) is 31.5 Å². The van der Waals surface area contributed by atoms with Crippen molar-refractivity contribution in [2.75, 3.05) is 25.2 Å². The Bertz CT molecular complexity index is 1690. The average Bonchev–Trinajstić information content (AvgIpc) is 3.42. The highest BCUT2D eigenvalue weighted by molar-refractivity contribution is 8.04. The minimum absolute atomic E-state index is 0.0668. The molecule has 0 bridgehead atoms. The van der Waals surface area contributed by atoms with Crippen LogP contribution in [0.4, 0.5) is 0 Å². The fourth-order valence-electron chi connectivity index (χ4n) is 4.96. The highest BCUT2D eigenvalue weighted by Crippen LogP contribution is 2.43. The van der Waals surface area contributed by atoms with Crippen molar-refractivity contribution < 1.29 is 40.0 Å². The molecule has 1 fully saturated rings. The van der Waals surface area contributed by atoms with Gasteiger partial charge in [-0.25, -0.2) is 4.79 Å². The van der Waals surface area contributed by atoms with E-state index >= 15 is 0 Å². The Labute approximate surface area is 254 Å². The number of aryl methyl sites for hydroxylation is 1. The highest BCUT2D eigenvalue weighted by Gasteiger charge is 2.36. The molecule has 2 aromatic rings. The number of allylic oxidation sites excluding steroid dienone is 4. The zero-order chi connectivity index (χ0) is 30.7. The van der Waals surface area contributed by atoms with Crippen molar-refractivity contribution >= 4 is 65.6 Å². The summed E-state index contributed by atoms with van der Waals surface area (Å²) in [6.07, 6.45) is 11.7. The zero-order valence-electron chi connectivity index (χ0n) is 23.6. The maximum Gasteiger partial charge on any atom is 0.338 e. The average molecular weight is 656 g/mol. The van der Waals surface area contributed by atoms with Gasteiger partial charge >= 0.3 is 5.97 Å². The van der Waals surface area contributed by atoms with Crippen LogP contribution in [0.1, 0.15) is 48.5 Å². The molecule has 2 atom stereocenters. The number of nitrogens with zero attached hydrogens (tertiary/aromatic N) is 2. The number of fused-ring (bicyclic) bond motifs is 2. The molecule has 1 aliphatic heterocycles. The first-order chi connectivity index (χ1) is 19.8. The number of ether oxygens (including phenoxy) is 1. The summed E-state index contributed by atoms with van der Waals surface area (Å²) in [6, 6.07) is 5.32. The summed E-state index contributed by atoms with van der Waals surface area (Å²) in [7, 11) is -6.88. The Kier molecular flexibility index (Phi) is 10.4. The van der Waals surface area contributed by atoms with E-state index in [1.807, 2.05) is 30.6 Å². The van der Waals surface area contributed by atoms with Crippen LogP contribution >= 0.6 is 23.1 Å². The van der Waals surface area contributed by atoms with E-state index in [0.717, 1.165) is 31.4 Å². The predicted octanol–water partition coefficient (Wildman–Crippen LogP) is 4.47. The normalized spacial score (nSPS) is 20.3. The van der Waals surface area contributed by atoms with E-state index < -0.39 is 26.2 Å². The molecule has 1 aromatic carbocycles. The third-order valence-corrected chi connectivity index (χ3v) is 11.0. The van der Waals surface area contributed by atoms with Gasteiger partial charge in [-0.05, 0) is 43.5 Å². The molecule has 0 saturated carbocycles. The Hall–Kier alpha value is -2.49. The van der Waals surface area contributed by atoms with Gasteiger partial charge in [-0.15, -0.1) is 0 Å². The lowest BCUT2D eigenvalue weighted by Crippen LogP contribution is -2.36. The summed E-state index contributed by atoms with van der Waals surface area (Å²) < 4.78 is 71.8. The maximum atomic E-state index is 12.2. The number of thiazole rings is 1. The second kappa shape index (κ2) is 13.4. The molecule has 2 aliphatic rings. The number of thioether (sulfide) groups is 1. The van der Waals surface area contributed by atoms with Gasteiger partial charge in [0.2, 0.25) is 5.52 Å². The van der Waals surface area contributed by atoms with Gasteiger partial charge in [0.05, 0.1) is 40.5 Å². The number of methoxy groups -OCH3 is 1. The molecule has 4 rings (SSSR count). The van der Waals surface area contributed by atoms with Crippen LogP contribution in [-0.4, -0.2) is 73.3 Å². The minimum atomic E-state index is -4.13. The minimum Gasteiger partial charge on any atom is -0.465 e. The standard InChI is InChI=1S/C28H34N2O8S4/c1-4-20(16-26-29(11-5-13-41(32,33)34)22-15-19(2)7-9-24(22)39-26)17-27-30(12-6-14-42(35,36)37)23-18-21(28(31)38-3)8-10-25(23)40-27/h7-10,15-18,22,24H,4-6,11-14H2,1-3H3,(H-,32,33,34,35,36,37)/p+1. The van der Waals surface area contributed by atoms with Crippen molar-refractivity contribution in [2.24, 2.45) is 0 Å². The van der Waals surface area contributed by atoms with Crippen LogP contribution in [0.2, 0.25) is 0 Å². The van der Waals surface area contributed by atoms with Crippen molar-refractivity contribution in [1.29, 1.82) is 0 Å². The predicted molar refractivity (Wildman–Crippen MR) is 167 cm³/mol. The van der Waals surface area contributed by atoms with Crippen LogP contribution in [0, 0.1) is 0 Å². The topological polar surface area (TPSA) is 142 Å². The summed E-state index contributed by atoms with van der Waals surface area (Å²) in [4.78, 5) is 14.4. The molecule has 14 heteroatoms. The monoisotopic (exact) mass is 655 g/mol. The molecule has 228 valence electrons. The summed E-state index contributed by atoms with van der Waals surface area (Å²) in [5.41, 5.74) is 3.27. The van der Waals surface area contributed by atoms with Gasteiger partial charge < -0.3 is 9.64 Å². The number of hydrogen-bond donors (Lipinski definition) is 2. The SMILES string of the molecule is CCC(=Cc1sc2ccc(C(=O)OC)cc2[n+]1CCCS(=O)(=O)O)C=C1SC2C=CC(C)=CC2N1CCCS(=O)(=O)O. The lowest BCUT2D eigenvalue weighted by Gasteiger charge is -2.28. The summed E-state index contributed by atoms with van der Waals surface area (Å²) in [5, 5.41) is 2.02. The van der Waals surface area contributed by atoms with Crippen molar-refractivity contribution in [2.45, 2.75) is 50.9 Å². The van der Waals surface area contributed by atoms with Crippen molar-refractivity contribution in [3.63, 3.8) is 0 Å². The largest absolute Gasteiger partial charge is 0.465 e. The number of carbonyl (C=O) groups excluding carboxylic acids is 1. The van der Waals surface area contributed by atoms with Gasteiger partial charge in [-0.1, -0.05) is 53.8 Å². The number of aromatic nitrogens is 1. The Balaban J connectivity index is 1.73. The van der Waals surface area contributed by atoms with Crippen LogP contribution < -0.4 is 4.57 Å². The van der Waals surface area contributed by atoms with E-state index in [1.54, 1.807) is 23.9 Å². The second-order valence-electron chi connectivity index (χ2n) is 10.1. The number of carbonyl (C=O) groups is 1. The molecule has 42 heavy (non-hydrogen) atoms. The van der Waals surface area contributed by atoms with Crippen LogP contribution in [0.5, 0.6) is 0 Å². The van der Waals surface area contributed by atoms with E-state index in [-0.39, 0.29) is 35.6 Å². The van der Waals surface area contributed by atoms with E-state index in [1.165, 1.54) is 18.4 Å². The summed E-state index contributed by atoms with van der Waals surface area (Å²) in [5.74, 6) is -1.18. The van der Waals surface area contributed by atoms with Gasteiger partial charge in [0.25, 0.3) is 25.2 Å². The van der Waals surface area contributed by atoms with Gasteiger partial charge in [-0.2, -0.15) is 21.4 Å². The lowest BCUT2D eigenvalue weighted by atomic mass is 10.0. The number of benzene rings is 1. The third-order valence-electron chi connectivity index (χ3n) is 6.98. The smallest absolute Gasteiger partial charge is 0.338 e. The Morgan fingerprint density at radius 2 is 1.86 bits per heavy atom. The number of esters is 1. The molecular weight excluding hydrogens is 621 g/mol. The lowest BCUT2D eigenvalue weighted by molar-refractivity contribution is -0.668. The Morgan fingerprint density at radius 1 is 1.14 bits per heavy atom. The molecule has 10 nitrogen and oxygen atoms in total. The molecule has 2 heterocycles. The fourth-order valence-corrected chi connectivity index (χ4v) is 8.46. The van der Waals surface area contributed by atoms with Crippen molar-refractivity contribution in [1.82, 2.24) is 4.90 Å². The van der Waals surface area contributed by atoms with Gasteiger partial charge in [0.15, 0.2) is 6.54 Å². The number of rotatable bonds is 12. The van der Waals surface area contributed by atoms with E-state index in [4.69, 9.17) is 4.74 Å². The van der Waals surface area contributed by atoms with Crippen LogP contribution in [0.25, 0.3) is 16.3 Å². The molecule has 1 aromatic heterocycles. The first kappa shape index (κ1) is 32.4. The van der Waals surface area contributed by atoms with Crippen LogP contribution in [0.3, 0.4) is 0 Å². The van der Waals surface area contributed by atoms with Gasteiger partial charge in [0, 0.05) is 25.1 Å². The quantitative estimate of drug-likeness (QED) is 0.191. The zero-order valence-corrected chi connectivity index (χ0v) is 26.9. The molecule has 1 saturated heterocycles. The third kappa shape index (κ3) is 8.32. The maximum absolute atomic E-state index is 12.2. The van der Waals surface area contributed by atoms with E-state index in [2.05, 4.69) is 29.2 Å².